The molecule has 0 radical (unpaired) electrons. The molecule has 0 heterocycles. The monoisotopic (exact) mass is 171 g/mol. The molecule has 2 heteroatoms. The van der Waals surface area contributed by atoms with Gasteiger partial charge < -0.3 is 10.0 Å². The van der Waals surface area contributed by atoms with Crippen molar-refractivity contribution < 1.29 is 5.11 Å². The average molecular weight is 171 g/mol. The highest BCUT2D eigenvalue weighted by Crippen LogP contribution is 2.37. The first kappa shape index (κ1) is 10.0. The topological polar surface area (TPSA) is 23.5 Å². The zero-order valence-electron chi connectivity index (χ0n) is 8.67. The lowest BCUT2D eigenvalue weighted by Gasteiger charge is -2.44. The molecule has 0 bridgehead atoms. The van der Waals surface area contributed by atoms with Gasteiger partial charge >= 0.3 is 0 Å². The predicted octanol–water partition coefficient (Wildman–Crippen LogP) is 1.49. The fourth-order valence-electron chi connectivity index (χ4n) is 2.31. The van der Waals surface area contributed by atoms with Crippen molar-refractivity contribution >= 4 is 0 Å². The molecule has 0 amide bonds. The first-order valence-corrected chi connectivity index (χ1v) is 4.78. The van der Waals surface area contributed by atoms with Crippen LogP contribution in [0.4, 0.5) is 0 Å². The zero-order chi connectivity index (χ0) is 9.35. The van der Waals surface area contributed by atoms with Crippen LogP contribution >= 0.6 is 0 Å². The SMILES string of the molecule is CN(C)C1CC(O)CCC1(C)C. The molecule has 1 rings (SSSR count). The number of aliphatic hydroxyl groups is 1. The van der Waals surface area contributed by atoms with Gasteiger partial charge in [0.05, 0.1) is 6.10 Å². The van der Waals surface area contributed by atoms with E-state index in [-0.39, 0.29) is 6.10 Å². The number of hydrogen-bond acceptors (Lipinski definition) is 2. The summed E-state index contributed by atoms with van der Waals surface area (Å²) in [4.78, 5) is 2.24. The molecule has 0 aromatic rings. The molecule has 1 N–H and O–H groups in total. The van der Waals surface area contributed by atoms with Gasteiger partial charge in [0.25, 0.3) is 0 Å². The Labute approximate surface area is 75.6 Å². The molecule has 1 fully saturated rings. The summed E-state index contributed by atoms with van der Waals surface area (Å²) >= 11 is 0. The van der Waals surface area contributed by atoms with Crippen LogP contribution in [0.25, 0.3) is 0 Å². The van der Waals surface area contributed by atoms with Gasteiger partial charge in [0.2, 0.25) is 0 Å². The summed E-state index contributed by atoms with van der Waals surface area (Å²) < 4.78 is 0. The van der Waals surface area contributed by atoms with Crippen molar-refractivity contribution in [2.75, 3.05) is 14.1 Å². The minimum Gasteiger partial charge on any atom is -0.393 e. The molecule has 0 saturated heterocycles. The molecule has 0 aromatic carbocycles. The van der Waals surface area contributed by atoms with Gasteiger partial charge in [-0.15, -0.1) is 0 Å². The highest BCUT2D eigenvalue weighted by Gasteiger charge is 2.36. The van der Waals surface area contributed by atoms with Gasteiger partial charge in [-0.3, -0.25) is 0 Å². The fourth-order valence-corrected chi connectivity index (χ4v) is 2.31. The first-order chi connectivity index (χ1) is 5.43. The lowest BCUT2D eigenvalue weighted by atomic mass is 9.72. The summed E-state index contributed by atoms with van der Waals surface area (Å²) in [7, 11) is 4.20. The van der Waals surface area contributed by atoms with E-state index < -0.39 is 0 Å². The molecule has 2 atom stereocenters. The van der Waals surface area contributed by atoms with Gasteiger partial charge in [0.15, 0.2) is 0 Å². The van der Waals surface area contributed by atoms with Gasteiger partial charge in [0.1, 0.15) is 0 Å². The lowest BCUT2D eigenvalue weighted by Crippen LogP contribution is -2.46. The van der Waals surface area contributed by atoms with E-state index in [1.54, 1.807) is 0 Å². The van der Waals surface area contributed by atoms with Gasteiger partial charge in [-0.1, -0.05) is 13.8 Å². The summed E-state index contributed by atoms with van der Waals surface area (Å²) in [6, 6.07) is 0.529. The van der Waals surface area contributed by atoms with Crippen LogP contribution in [0.2, 0.25) is 0 Å². The van der Waals surface area contributed by atoms with Crippen molar-refractivity contribution in [1.29, 1.82) is 0 Å². The number of nitrogens with zero attached hydrogens (tertiary/aromatic N) is 1. The van der Waals surface area contributed by atoms with Crippen LogP contribution in [-0.2, 0) is 0 Å². The molecule has 2 nitrogen and oxygen atoms in total. The van der Waals surface area contributed by atoms with Crippen LogP contribution in [0.5, 0.6) is 0 Å². The van der Waals surface area contributed by atoms with Crippen molar-refractivity contribution in [3.05, 3.63) is 0 Å². The Hall–Kier alpha value is -0.0800. The zero-order valence-corrected chi connectivity index (χ0v) is 8.67. The van der Waals surface area contributed by atoms with Crippen LogP contribution in [0.3, 0.4) is 0 Å². The Morgan fingerprint density at radius 1 is 1.33 bits per heavy atom. The summed E-state index contributed by atoms with van der Waals surface area (Å²) in [5.74, 6) is 0. The second-order valence-electron chi connectivity index (χ2n) is 4.90. The quantitative estimate of drug-likeness (QED) is 0.646. The molecule has 1 aliphatic carbocycles. The third-order valence-corrected chi connectivity index (χ3v) is 3.14. The number of hydrogen-bond donors (Lipinski definition) is 1. The standard InChI is InChI=1S/C10H21NO/c1-10(2)6-5-8(12)7-9(10)11(3)4/h8-9,12H,5-7H2,1-4H3. The van der Waals surface area contributed by atoms with Crippen LogP contribution in [0.15, 0.2) is 0 Å². The Kier molecular flexibility index (Phi) is 2.79. The minimum atomic E-state index is -0.0783. The van der Waals surface area contributed by atoms with E-state index in [1.807, 2.05) is 0 Å². The van der Waals surface area contributed by atoms with Crippen LogP contribution in [0, 0.1) is 5.41 Å². The number of rotatable bonds is 1. The van der Waals surface area contributed by atoms with E-state index in [2.05, 4.69) is 32.8 Å². The van der Waals surface area contributed by atoms with Crippen LogP contribution < -0.4 is 0 Å². The average Bonchev–Trinajstić information content (AvgIpc) is 1.94. The molecule has 0 aliphatic heterocycles. The molecule has 2 unspecified atom stereocenters. The highest BCUT2D eigenvalue weighted by atomic mass is 16.3. The highest BCUT2D eigenvalue weighted by molar-refractivity contribution is 4.90. The van der Waals surface area contributed by atoms with E-state index in [4.69, 9.17) is 0 Å². The second-order valence-corrected chi connectivity index (χ2v) is 4.90. The molecular formula is C10H21NO. The third kappa shape index (κ3) is 1.99. The fraction of sp³-hybridized carbons (Fsp3) is 1.00. The summed E-state index contributed by atoms with van der Waals surface area (Å²) in [6.45, 7) is 4.59. The van der Waals surface area contributed by atoms with Gasteiger partial charge in [0, 0.05) is 6.04 Å². The lowest BCUT2D eigenvalue weighted by molar-refractivity contribution is 0.00823. The normalized spacial score (nSPS) is 35.5. The summed E-state index contributed by atoms with van der Waals surface area (Å²) in [5.41, 5.74) is 0.364. The second kappa shape index (κ2) is 3.35. The molecule has 72 valence electrons. The maximum absolute atomic E-state index is 9.53. The molecule has 0 spiro atoms. The number of aliphatic hydroxyl groups excluding tert-OH is 1. The van der Waals surface area contributed by atoms with Gasteiger partial charge in [-0.05, 0) is 38.8 Å². The Bertz CT molecular complexity index is 154. The first-order valence-electron chi connectivity index (χ1n) is 4.78. The minimum absolute atomic E-state index is 0.0783. The van der Waals surface area contributed by atoms with Gasteiger partial charge in [-0.2, -0.15) is 0 Å². The van der Waals surface area contributed by atoms with E-state index in [1.165, 1.54) is 0 Å². The maximum Gasteiger partial charge on any atom is 0.0555 e. The Morgan fingerprint density at radius 3 is 2.33 bits per heavy atom. The molecule has 12 heavy (non-hydrogen) atoms. The largest absolute Gasteiger partial charge is 0.393 e. The van der Waals surface area contributed by atoms with Crippen LogP contribution in [0.1, 0.15) is 33.1 Å². The van der Waals surface area contributed by atoms with Crippen molar-refractivity contribution in [2.45, 2.75) is 45.3 Å². The molecular weight excluding hydrogens is 150 g/mol. The van der Waals surface area contributed by atoms with Crippen molar-refractivity contribution in [1.82, 2.24) is 4.90 Å². The van der Waals surface area contributed by atoms with E-state index >= 15 is 0 Å². The van der Waals surface area contributed by atoms with Crippen molar-refractivity contribution in [3.8, 4) is 0 Å². The molecule has 1 saturated carbocycles. The van der Waals surface area contributed by atoms with E-state index in [0.29, 0.717) is 11.5 Å². The summed E-state index contributed by atoms with van der Waals surface area (Å²) in [6.07, 6.45) is 2.96. The van der Waals surface area contributed by atoms with Crippen LogP contribution in [-0.4, -0.2) is 36.2 Å². The summed E-state index contributed by atoms with van der Waals surface area (Å²) in [5, 5.41) is 9.53. The Morgan fingerprint density at radius 2 is 1.92 bits per heavy atom. The van der Waals surface area contributed by atoms with E-state index in [9.17, 15) is 5.11 Å². The predicted molar refractivity (Wildman–Crippen MR) is 51.1 cm³/mol. The molecule has 0 aromatic heterocycles. The molecule has 1 aliphatic rings. The third-order valence-electron chi connectivity index (χ3n) is 3.14. The van der Waals surface area contributed by atoms with Crippen molar-refractivity contribution in [2.24, 2.45) is 5.41 Å². The van der Waals surface area contributed by atoms with Gasteiger partial charge in [-0.25, -0.2) is 0 Å². The Balaban J connectivity index is 2.65. The van der Waals surface area contributed by atoms with Crippen molar-refractivity contribution in [3.63, 3.8) is 0 Å². The smallest absolute Gasteiger partial charge is 0.0555 e. The van der Waals surface area contributed by atoms with E-state index in [0.717, 1.165) is 19.3 Å². The maximum atomic E-state index is 9.53.